The summed E-state index contributed by atoms with van der Waals surface area (Å²) in [5.74, 6) is -2.36. The van der Waals surface area contributed by atoms with E-state index in [1.54, 1.807) is 13.8 Å². The van der Waals surface area contributed by atoms with Crippen molar-refractivity contribution in [3.63, 3.8) is 0 Å². The number of esters is 3. The summed E-state index contributed by atoms with van der Waals surface area (Å²) < 4.78 is 14.0. The molecule has 0 aromatic rings. The summed E-state index contributed by atoms with van der Waals surface area (Å²) in [7, 11) is 0. The molecule has 0 rings (SSSR count). The smallest absolute Gasteiger partial charge is 0.352 e. The summed E-state index contributed by atoms with van der Waals surface area (Å²) in [4.78, 5) is 33.6. The molecule has 6 heteroatoms. The predicted molar refractivity (Wildman–Crippen MR) is 58.0 cm³/mol. The fourth-order valence-corrected chi connectivity index (χ4v) is 0.976. The molecule has 0 spiro atoms. The van der Waals surface area contributed by atoms with Gasteiger partial charge in [-0.2, -0.15) is 0 Å². The third-order valence-electron chi connectivity index (χ3n) is 1.64. The summed E-state index contributed by atoms with van der Waals surface area (Å²) in [6.07, 6.45) is -1.45. The normalized spacial score (nSPS) is 11.2. The van der Waals surface area contributed by atoms with E-state index in [0.717, 1.165) is 6.92 Å². The van der Waals surface area contributed by atoms with Crippen molar-refractivity contribution in [2.75, 3.05) is 13.2 Å². The Bertz CT molecular complexity index is 320. The summed E-state index contributed by atoms with van der Waals surface area (Å²) >= 11 is 0. The first-order valence-corrected chi connectivity index (χ1v) is 5.13. The van der Waals surface area contributed by atoms with Crippen LogP contribution < -0.4 is 0 Å². The molecule has 0 aliphatic heterocycles. The maximum atomic E-state index is 11.5. The van der Waals surface area contributed by atoms with Crippen LogP contribution in [-0.4, -0.2) is 37.2 Å². The Balaban J connectivity index is 4.78. The quantitative estimate of drug-likeness (QED) is 0.387. The van der Waals surface area contributed by atoms with Crippen LogP contribution in [0.3, 0.4) is 0 Å². The first-order chi connectivity index (χ1) is 7.93. The highest BCUT2D eigenvalue weighted by atomic mass is 16.6. The molecule has 1 unspecified atom stereocenters. The molecule has 0 radical (unpaired) electrons. The molecule has 0 amide bonds. The lowest BCUT2D eigenvalue weighted by Crippen LogP contribution is -2.33. The molecule has 0 fully saturated rings. The zero-order valence-corrected chi connectivity index (χ0v) is 10.1. The van der Waals surface area contributed by atoms with Crippen molar-refractivity contribution < 1.29 is 28.6 Å². The van der Waals surface area contributed by atoms with Gasteiger partial charge in [-0.05, 0) is 13.8 Å². The molecule has 0 saturated heterocycles. The largest absolute Gasteiger partial charge is 0.463 e. The Morgan fingerprint density at radius 1 is 1.12 bits per heavy atom. The zero-order chi connectivity index (χ0) is 13.4. The van der Waals surface area contributed by atoms with Crippen LogP contribution in [0.4, 0.5) is 0 Å². The van der Waals surface area contributed by atoms with E-state index in [-0.39, 0.29) is 18.8 Å². The summed E-state index contributed by atoms with van der Waals surface area (Å²) in [5.41, 5.74) is -0.263. The van der Waals surface area contributed by atoms with Gasteiger partial charge in [0, 0.05) is 6.92 Å². The third-order valence-corrected chi connectivity index (χ3v) is 1.64. The van der Waals surface area contributed by atoms with Crippen LogP contribution in [0, 0.1) is 0 Å². The van der Waals surface area contributed by atoms with Crippen molar-refractivity contribution in [2.45, 2.75) is 26.9 Å². The lowest BCUT2D eigenvalue weighted by atomic mass is 10.1. The predicted octanol–water partition coefficient (Wildman–Crippen LogP) is 0.600. The summed E-state index contributed by atoms with van der Waals surface area (Å²) in [6.45, 7) is 7.93. The number of ether oxygens (including phenoxy) is 3. The highest BCUT2D eigenvalue weighted by Gasteiger charge is 2.31. The summed E-state index contributed by atoms with van der Waals surface area (Å²) in [6, 6.07) is 0. The molecule has 0 saturated carbocycles. The molecular weight excluding hydrogens is 228 g/mol. The second-order valence-corrected chi connectivity index (χ2v) is 2.99. The number of carbonyl (C=O) groups excluding carboxylic acids is 3. The van der Waals surface area contributed by atoms with Gasteiger partial charge in [0.2, 0.25) is 6.10 Å². The standard InChI is InChI=1S/C11H16O6/c1-5-15-10(13)7(3)9(17-8(4)12)11(14)16-6-2/h9H,3,5-6H2,1-2,4H3. The fraction of sp³-hybridized carbons (Fsp3) is 0.545. The SMILES string of the molecule is C=C(C(=O)OCC)C(OC(C)=O)C(=O)OCC. The minimum Gasteiger partial charge on any atom is -0.463 e. The van der Waals surface area contributed by atoms with Gasteiger partial charge in [0.1, 0.15) is 0 Å². The Hall–Kier alpha value is -1.85. The second-order valence-electron chi connectivity index (χ2n) is 2.99. The van der Waals surface area contributed by atoms with E-state index in [0.29, 0.717) is 0 Å². The van der Waals surface area contributed by atoms with Crippen LogP contribution in [0.5, 0.6) is 0 Å². The number of carbonyl (C=O) groups is 3. The molecule has 0 aromatic heterocycles. The second kappa shape index (κ2) is 7.43. The molecule has 96 valence electrons. The van der Waals surface area contributed by atoms with E-state index in [4.69, 9.17) is 0 Å². The molecule has 0 heterocycles. The number of rotatable bonds is 6. The van der Waals surface area contributed by atoms with E-state index < -0.39 is 24.0 Å². The third kappa shape index (κ3) is 5.14. The Labute approximate surface area is 99.5 Å². The molecule has 17 heavy (non-hydrogen) atoms. The fourth-order valence-electron chi connectivity index (χ4n) is 0.976. The lowest BCUT2D eigenvalue weighted by Gasteiger charge is -2.16. The molecule has 1 atom stereocenters. The van der Waals surface area contributed by atoms with Crippen LogP contribution in [0.25, 0.3) is 0 Å². The molecule has 6 nitrogen and oxygen atoms in total. The maximum absolute atomic E-state index is 11.5. The maximum Gasteiger partial charge on any atom is 0.352 e. The first kappa shape index (κ1) is 15.2. The zero-order valence-electron chi connectivity index (χ0n) is 10.1. The highest BCUT2D eigenvalue weighted by molar-refractivity contribution is 5.97. The van der Waals surface area contributed by atoms with Crippen molar-refractivity contribution in [3.05, 3.63) is 12.2 Å². The van der Waals surface area contributed by atoms with E-state index in [1.165, 1.54) is 0 Å². The molecule has 0 bridgehead atoms. The van der Waals surface area contributed by atoms with E-state index >= 15 is 0 Å². The van der Waals surface area contributed by atoms with Gasteiger partial charge in [-0.3, -0.25) is 4.79 Å². The monoisotopic (exact) mass is 244 g/mol. The van der Waals surface area contributed by atoms with Crippen molar-refractivity contribution in [1.29, 1.82) is 0 Å². The van der Waals surface area contributed by atoms with E-state index in [2.05, 4.69) is 20.8 Å². The minimum atomic E-state index is -1.45. The van der Waals surface area contributed by atoms with Crippen molar-refractivity contribution in [3.8, 4) is 0 Å². The van der Waals surface area contributed by atoms with Crippen LogP contribution >= 0.6 is 0 Å². The van der Waals surface area contributed by atoms with Crippen LogP contribution in [0.1, 0.15) is 20.8 Å². The van der Waals surface area contributed by atoms with Gasteiger partial charge in [-0.15, -0.1) is 0 Å². The average molecular weight is 244 g/mol. The van der Waals surface area contributed by atoms with Gasteiger partial charge >= 0.3 is 17.9 Å². The van der Waals surface area contributed by atoms with Crippen molar-refractivity contribution >= 4 is 17.9 Å². The van der Waals surface area contributed by atoms with Gasteiger partial charge in [0.25, 0.3) is 0 Å². The van der Waals surface area contributed by atoms with Crippen LogP contribution in [0.15, 0.2) is 12.2 Å². The number of hydrogen-bond donors (Lipinski definition) is 0. The minimum absolute atomic E-state index is 0.104. The van der Waals surface area contributed by atoms with Crippen molar-refractivity contribution in [1.82, 2.24) is 0 Å². The number of hydrogen-bond acceptors (Lipinski definition) is 6. The Kier molecular flexibility index (Phi) is 6.62. The molecule has 0 aliphatic carbocycles. The van der Waals surface area contributed by atoms with E-state index in [9.17, 15) is 14.4 Å². The summed E-state index contributed by atoms with van der Waals surface area (Å²) in [5, 5.41) is 0. The van der Waals surface area contributed by atoms with Gasteiger partial charge in [0.05, 0.1) is 18.8 Å². The van der Waals surface area contributed by atoms with Gasteiger partial charge in [-0.1, -0.05) is 6.58 Å². The van der Waals surface area contributed by atoms with Gasteiger partial charge < -0.3 is 14.2 Å². The Morgan fingerprint density at radius 3 is 2.06 bits per heavy atom. The highest BCUT2D eigenvalue weighted by Crippen LogP contribution is 2.10. The molecule has 0 N–H and O–H groups in total. The molecular formula is C11H16O6. The van der Waals surface area contributed by atoms with Gasteiger partial charge in [-0.25, -0.2) is 9.59 Å². The van der Waals surface area contributed by atoms with Crippen LogP contribution in [-0.2, 0) is 28.6 Å². The molecule has 0 aromatic carbocycles. The van der Waals surface area contributed by atoms with Crippen molar-refractivity contribution in [2.24, 2.45) is 0 Å². The van der Waals surface area contributed by atoms with E-state index in [1.807, 2.05) is 0 Å². The lowest BCUT2D eigenvalue weighted by molar-refractivity contribution is -0.165. The van der Waals surface area contributed by atoms with Crippen LogP contribution in [0.2, 0.25) is 0 Å². The average Bonchev–Trinajstić information content (AvgIpc) is 2.25. The molecule has 0 aliphatic rings. The topological polar surface area (TPSA) is 78.9 Å². The first-order valence-electron chi connectivity index (χ1n) is 5.13. The Morgan fingerprint density at radius 2 is 1.65 bits per heavy atom. The van der Waals surface area contributed by atoms with Gasteiger partial charge in [0.15, 0.2) is 0 Å².